The molecule has 2 aliphatic rings. The largest absolute Gasteiger partial charge is 0.416 e. The summed E-state index contributed by atoms with van der Waals surface area (Å²) < 4.78 is 39.2. The van der Waals surface area contributed by atoms with Crippen molar-refractivity contribution in [2.24, 2.45) is 0 Å². The van der Waals surface area contributed by atoms with Crippen LogP contribution in [-0.2, 0) is 6.18 Å². The summed E-state index contributed by atoms with van der Waals surface area (Å²) in [7, 11) is 0. The van der Waals surface area contributed by atoms with E-state index in [0.717, 1.165) is 38.7 Å². The monoisotopic (exact) mass is 328 g/mol. The summed E-state index contributed by atoms with van der Waals surface area (Å²) in [4.78, 5) is 4.55. The standard InChI is InChI=1S/C17H23F3N2O/c18-17(19,20)15-5-2-1-4-14(15)16(23)12-21-8-3-9-22(11-10-21)13-6-7-13/h1-2,4-5,13,16,23H,3,6-12H2. The van der Waals surface area contributed by atoms with Crippen LogP contribution in [-0.4, -0.2) is 53.7 Å². The highest BCUT2D eigenvalue weighted by molar-refractivity contribution is 5.31. The Labute approximate surface area is 134 Å². The normalized spacial score (nSPS) is 22.8. The van der Waals surface area contributed by atoms with Gasteiger partial charge < -0.3 is 5.11 Å². The smallest absolute Gasteiger partial charge is 0.387 e. The maximum atomic E-state index is 13.1. The first-order valence-electron chi connectivity index (χ1n) is 8.26. The van der Waals surface area contributed by atoms with E-state index in [-0.39, 0.29) is 12.1 Å². The molecule has 1 N–H and O–H groups in total. The average Bonchev–Trinajstić information content (AvgIpc) is 3.33. The molecule has 0 bridgehead atoms. The molecule has 1 aromatic carbocycles. The molecule has 1 atom stereocenters. The number of nitrogens with zero attached hydrogens (tertiary/aromatic N) is 2. The fourth-order valence-electron chi connectivity index (χ4n) is 3.37. The van der Waals surface area contributed by atoms with Crippen LogP contribution < -0.4 is 0 Å². The summed E-state index contributed by atoms with van der Waals surface area (Å²) in [6, 6.07) is 6.03. The van der Waals surface area contributed by atoms with Gasteiger partial charge in [0.15, 0.2) is 0 Å². The Kier molecular flexibility index (Phi) is 4.94. The maximum Gasteiger partial charge on any atom is 0.416 e. The number of aliphatic hydroxyl groups is 1. The van der Waals surface area contributed by atoms with E-state index in [4.69, 9.17) is 0 Å². The quantitative estimate of drug-likeness (QED) is 0.921. The summed E-state index contributed by atoms with van der Waals surface area (Å²) in [5.41, 5.74) is -0.759. The first kappa shape index (κ1) is 16.7. The highest BCUT2D eigenvalue weighted by Gasteiger charge is 2.35. The molecule has 1 aliphatic carbocycles. The minimum Gasteiger partial charge on any atom is -0.387 e. The number of hydrogen-bond donors (Lipinski definition) is 1. The van der Waals surface area contributed by atoms with E-state index in [1.165, 1.54) is 25.0 Å². The zero-order valence-corrected chi connectivity index (χ0v) is 13.1. The van der Waals surface area contributed by atoms with Crippen LogP contribution in [0.25, 0.3) is 0 Å². The van der Waals surface area contributed by atoms with Crippen molar-refractivity contribution in [3.05, 3.63) is 35.4 Å². The fraction of sp³-hybridized carbons (Fsp3) is 0.647. The summed E-state index contributed by atoms with van der Waals surface area (Å²) >= 11 is 0. The van der Waals surface area contributed by atoms with E-state index < -0.39 is 17.8 Å². The lowest BCUT2D eigenvalue weighted by Gasteiger charge is -2.25. The lowest BCUT2D eigenvalue weighted by atomic mass is 10.0. The number of β-amino-alcohol motifs (C(OH)–C–C–N with tert-alkyl or cyclic N) is 1. The van der Waals surface area contributed by atoms with Crippen molar-refractivity contribution < 1.29 is 18.3 Å². The Balaban J connectivity index is 1.64. The van der Waals surface area contributed by atoms with Crippen molar-refractivity contribution in [2.45, 2.75) is 37.6 Å². The number of benzene rings is 1. The van der Waals surface area contributed by atoms with Gasteiger partial charge in [0.05, 0.1) is 11.7 Å². The molecule has 6 heteroatoms. The van der Waals surface area contributed by atoms with Gasteiger partial charge >= 0.3 is 6.18 Å². The van der Waals surface area contributed by atoms with Gasteiger partial charge in [-0.2, -0.15) is 13.2 Å². The van der Waals surface area contributed by atoms with Crippen LogP contribution in [0.5, 0.6) is 0 Å². The Morgan fingerprint density at radius 1 is 1.09 bits per heavy atom. The van der Waals surface area contributed by atoms with E-state index in [2.05, 4.69) is 9.80 Å². The highest BCUT2D eigenvalue weighted by atomic mass is 19.4. The van der Waals surface area contributed by atoms with Crippen LogP contribution >= 0.6 is 0 Å². The number of alkyl halides is 3. The number of hydrogen-bond acceptors (Lipinski definition) is 3. The van der Waals surface area contributed by atoms with Crippen LogP contribution in [0.3, 0.4) is 0 Å². The van der Waals surface area contributed by atoms with Crippen molar-refractivity contribution in [2.75, 3.05) is 32.7 Å². The van der Waals surface area contributed by atoms with Crippen molar-refractivity contribution in [3.63, 3.8) is 0 Å². The lowest BCUT2D eigenvalue weighted by Crippen LogP contribution is -2.34. The second kappa shape index (κ2) is 6.79. The highest BCUT2D eigenvalue weighted by Crippen LogP contribution is 2.35. The SMILES string of the molecule is OC(CN1CCCN(C2CC2)CC1)c1ccccc1C(F)(F)F. The first-order chi connectivity index (χ1) is 10.9. The Hall–Kier alpha value is -1.11. The number of halogens is 3. The maximum absolute atomic E-state index is 13.1. The summed E-state index contributed by atoms with van der Waals surface area (Å²) in [6.45, 7) is 3.89. The molecule has 1 saturated heterocycles. The van der Waals surface area contributed by atoms with Crippen molar-refractivity contribution in [1.82, 2.24) is 9.80 Å². The predicted octanol–water partition coefficient (Wildman–Crippen LogP) is 2.91. The number of aliphatic hydroxyl groups excluding tert-OH is 1. The van der Waals surface area contributed by atoms with Gasteiger partial charge in [-0.15, -0.1) is 0 Å². The third kappa shape index (κ3) is 4.25. The second-order valence-corrected chi connectivity index (χ2v) is 6.52. The number of rotatable bonds is 4. The zero-order chi connectivity index (χ0) is 16.4. The van der Waals surface area contributed by atoms with E-state index in [0.29, 0.717) is 6.04 Å². The lowest BCUT2D eigenvalue weighted by molar-refractivity contribution is -0.139. The Bertz CT molecular complexity index is 531. The van der Waals surface area contributed by atoms with Gasteiger partial charge in [0.2, 0.25) is 0 Å². The molecule has 1 aromatic rings. The van der Waals surface area contributed by atoms with E-state index >= 15 is 0 Å². The molecule has 0 spiro atoms. The minimum atomic E-state index is -4.43. The van der Waals surface area contributed by atoms with Gasteiger partial charge in [-0.25, -0.2) is 0 Å². The van der Waals surface area contributed by atoms with E-state index in [1.54, 1.807) is 6.07 Å². The van der Waals surface area contributed by atoms with Gasteiger partial charge in [0.25, 0.3) is 0 Å². The predicted molar refractivity (Wildman–Crippen MR) is 82.1 cm³/mol. The Morgan fingerprint density at radius 2 is 1.83 bits per heavy atom. The summed E-state index contributed by atoms with van der Waals surface area (Å²) in [6.07, 6.45) is -2.01. The third-order valence-electron chi connectivity index (χ3n) is 4.74. The zero-order valence-electron chi connectivity index (χ0n) is 13.1. The van der Waals surface area contributed by atoms with Crippen LogP contribution in [0.1, 0.15) is 36.5 Å². The first-order valence-corrected chi connectivity index (χ1v) is 8.26. The van der Waals surface area contributed by atoms with Crippen molar-refractivity contribution in [1.29, 1.82) is 0 Å². The summed E-state index contributed by atoms with van der Waals surface area (Å²) in [5, 5.41) is 10.3. The second-order valence-electron chi connectivity index (χ2n) is 6.52. The molecular formula is C17H23F3N2O. The minimum absolute atomic E-state index is 0.0247. The van der Waals surface area contributed by atoms with Gasteiger partial charge in [-0.1, -0.05) is 18.2 Å². The van der Waals surface area contributed by atoms with Gasteiger partial charge in [0, 0.05) is 25.7 Å². The molecule has 0 amide bonds. The molecule has 1 unspecified atom stereocenters. The molecule has 2 fully saturated rings. The van der Waals surface area contributed by atoms with Crippen molar-refractivity contribution in [3.8, 4) is 0 Å². The third-order valence-corrected chi connectivity index (χ3v) is 4.74. The molecule has 23 heavy (non-hydrogen) atoms. The molecule has 1 aliphatic heterocycles. The molecule has 3 rings (SSSR count). The van der Waals surface area contributed by atoms with Crippen LogP contribution in [0, 0.1) is 0 Å². The molecule has 0 radical (unpaired) electrons. The molecule has 1 heterocycles. The summed E-state index contributed by atoms with van der Waals surface area (Å²) in [5.74, 6) is 0. The molecule has 3 nitrogen and oxygen atoms in total. The van der Waals surface area contributed by atoms with Crippen LogP contribution in [0.2, 0.25) is 0 Å². The Morgan fingerprint density at radius 3 is 2.52 bits per heavy atom. The fourth-order valence-corrected chi connectivity index (χ4v) is 3.37. The molecule has 128 valence electrons. The van der Waals surface area contributed by atoms with Gasteiger partial charge in [-0.05, 0) is 44.0 Å². The van der Waals surface area contributed by atoms with Crippen molar-refractivity contribution >= 4 is 0 Å². The van der Waals surface area contributed by atoms with Gasteiger partial charge in [-0.3, -0.25) is 9.80 Å². The average molecular weight is 328 g/mol. The molecular weight excluding hydrogens is 305 g/mol. The van der Waals surface area contributed by atoms with Gasteiger partial charge in [0.1, 0.15) is 0 Å². The topological polar surface area (TPSA) is 26.7 Å². The van der Waals surface area contributed by atoms with Crippen LogP contribution in [0.4, 0.5) is 13.2 Å². The molecule has 1 saturated carbocycles. The molecule has 0 aromatic heterocycles. The van der Waals surface area contributed by atoms with E-state index in [1.807, 2.05) is 0 Å². The van der Waals surface area contributed by atoms with E-state index in [9.17, 15) is 18.3 Å². The van der Waals surface area contributed by atoms with Crippen LogP contribution in [0.15, 0.2) is 24.3 Å².